The minimum absolute atomic E-state index is 0.00639. The van der Waals surface area contributed by atoms with Gasteiger partial charge in [-0.3, -0.25) is 4.98 Å². The lowest BCUT2D eigenvalue weighted by Crippen LogP contribution is -2.41. The number of halogens is 2. The predicted octanol–water partition coefficient (Wildman–Crippen LogP) is 2.89. The first kappa shape index (κ1) is 21.8. The number of ether oxygens (including phenoxy) is 1. The molecule has 1 saturated heterocycles. The van der Waals surface area contributed by atoms with E-state index >= 15 is 0 Å². The molecule has 3 aromatic rings. The van der Waals surface area contributed by atoms with Gasteiger partial charge in [-0.1, -0.05) is 0 Å². The van der Waals surface area contributed by atoms with Gasteiger partial charge in [-0.15, -0.1) is 0 Å². The number of carboxylic acid groups (broad SMARTS) is 1. The van der Waals surface area contributed by atoms with E-state index in [2.05, 4.69) is 15.0 Å². The summed E-state index contributed by atoms with van der Waals surface area (Å²) in [6, 6.07) is 2.97. The van der Waals surface area contributed by atoms with Crippen LogP contribution in [-0.4, -0.2) is 64.9 Å². The maximum absolute atomic E-state index is 14.8. The first-order valence-corrected chi connectivity index (χ1v) is 11.5. The van der Waals surface area contributed by atoms with E-state index < -0.39 is 32.5 Å². The number of carbonyl (C=O) groups is 1. The standard InChI is InChI=1S/C20H18F2N4O5S/c1-32(29,30)16-9-14(21)13(8-15(16)22)18-17-12(2-5-23-18)19(25-10-24-17)31-11-3-6-26(7-4-11)20(27)28/h2,5,8-11H,3-4,6-7H2,1H3,(H,27,28). The summed E-state index contributed by atoms with van der Waals surface area (Å²) in [6.45, 7) is 0.653. The number of hydrogen-bond acceptors (Lipinski definition) is 7. The van der Waals surface area contributed by atoms with E-state index in [-0.39, 0.29) is 28.8 Å². The number of likely N-dealkylation sites (tertiary alicyclic amines) is 1. The minimum atomic E-state index is -3.95. The summed E-state index contributed by atoms with van der Waals surface area (Å²) in [5.74, 6) is -1.85. The number of pyridine rings is 1. The first-order chi connectivity index (χ1) is 15.1. The van der Waals surface area contributed by atoms with Crippen LogP contribution in [0, 0.1) is 11.6 Å². The number of amides is 1. The van der Waals surface area contributed by atoms with Crippen LogP contribution in [0.3, 0.4) is 0 Å². The number of fused-ring (bicyclic) bond motifs is 1. The van der Waals surface area contributed by atoms with Gasteiger partial charge in [0, 0.05) is 43.9 Å². The third-order valence-electron chi connectivity index (χ3n) is 5.18. The average Bonchev–Trinajstić information content (AvgIpc) is 2.74. The summed E-state index contributed by atoms with van der Waals surface area (Å²) in [7, 11) is -3.95. The normalized spacial score (nSPS) is 15.2. The topological polar surface area (TPSA) is 123 Å². The van der Waals surface area contributed by atoms with Crippen molar-refractivity contribution in [3.05, 3.63) is 42.4 Å². The highest BCUT2D eigenvalue weighted by atomic mass is 32.2. The smallest absolute Gasteiger partial charge is 0.407 e. The highest BCUT2D eigenvalue weighted by molar-refractivity contribution is 7.90. The van der Waals surface area contributed by atoms with Crippen LogP contribution in [0.2, 0.25) is 0 Å². The Bertz CT molecular complexity index is 1310. The fourth-order valence-corrected chi connectivity index (χ4v) is 4.30. The molecule has 1 aliphatic rings. The van der Waals surface area contributed by atoms with Gasteiger partial charge in [0.15, 0.2) is 9.84 Å². The molecule has 0 spiro atoms. The summed E-state index contributed by atoms with van der Waals surface area (Å²) < 4.78 is 58.4. The molecule has 0 saturated carbocycles. The largest absolute Gasteiger partial charge is 0.474 e. The van der Waals surface area contributed by atoms with Crippen molar-refractivity contribution in [2.45, 2.75) is 23.8 Å². The Morgan fingerprint density at radius 1 is 1.16 bits per heavy atom. The quantitative estimate of drug-likeness (QED) is 0.625. The second-order valence-electron chi connectivity index (χ2n) is 7.36. The fraction of sp³-hybridized carbons (Fsp3) is 0.300. The van der Waals surface area contributed by atoms with Crippen LogP contribution in [-0.2, 0) is 9.84 Å². The second kappa shape index (κ2) is 8.26. The SMILES string of the molecule is CS(=O)(=O)c1cc(F)c(-c2nccc3c(OC4CCN(C(=O)O)CC4)ncnc23)cc1F. The number of aromatic nitrogens is 3. The molecule has 1 aliphatic heterocycles. The monoisotopic (exact) mass is 464 g/mol. The van der Waals surface area contributed by atoms with Gasteiger partial charge in [-0.2, -0.15) is 0 Å². The highest BCUT2D eigenvalue weighted by Crippen LogP contribution is 2.33. The Kier molecular flexibility index (Phi) is 5.63. The van der Waals surface area contributed by atoms with E-state index in [0.717, 1.165) is 12.3 Å². The zero-order valence-corrected chi connectivity index (χ0v) is 17.6. The van der Waals surface area contributed by atoms with Crippen molar-refractivity contribution in [1.82, 2.24) is 19.9 Å². The summed E-state index contributed by atoms with van der Waals surface area (Å²) in [4.78, 5) is 24.0. The average molecular weight is 464 g/mol. The number of rotatable bonds is 4. The van der Waals surface area contributed by atoms with E-state index in [1.165, 1.54) is 17.4 Å². The maximum atomic E-state index is 14.8. The van der Waals surface area contributed by atoms with Gasteiger partial charge in [0.25, 0.3) is 0 Å². The van der Waals surface area contributed by atoms with Gasteiger partial charge >= 0.3 is 6.09 Å². The van der Waals surface area contributed by atoms with Gasteiger partial charge in [0.2, 0.25) is 5.88 Å². The van der Waals surface area contributed by atoms with Gasteiger partial charge in [0.1, 0.15) is 34.5 Å². The Balaban J connectivity index is 1.71. The summed E-state index contributed by atoms with van der Waals surface area (Å²) in [5.41, 5.74) is -0.0438. The number of piperidine rings is 1. The molecule has 3 heterocycles. The number of hydrogen-bond donors (Lipinski definition) is 1. The van der Waals surface area contributed by atoms with Crippen LogP contribution in [0.25, 0.3) is 22.2 Å². The van der Waals surface area contributed by atoms with Crippen molar-refractivity contribution >= 4 is 26.8 Å². The maximum Gasteiger partial charge on any atom is 0.407 e. The highest BCUT2D eigenvalue weighted by Gasteiger charge is 2.25. The molecule has 0 aliphatic carbocycles. The zero-order chi connectivity index (χ0) is 23.0. The number of sulfone groups is 1. The molecule has 2 aromatic heterocycles. The molecule has 1 N–H and O–H groups in total. The predicted molar refractivity (Wildman–Crippen MR) is 109 cm³/mol. The zero-order valence-electron chi connectivity index (χ0n) is 16.8. The third-order valence-corrected chi connectivity index (χ3v) is 6.30. The molecular formula is C20H18F2N4O5S. The fourth-order valence-electron chi connectivity index (χ4n) is 3.57. The van der Waals surface area contributed by atoms with Crippen molar-refractivity contribution in [3.63, 3.8) is 0 Å². The molecule has 0 atom stereocenters. The lowest BCUT2D eigenvalue weighted by atomic mass is 10.1. The molecule has 32 heavy (non-hydrogen) atoms. The van der Waals surface area contributed by atoms with Gasteiger partial charge in [-0.05, 0) is 18.2 Å². The molecule has 9 nitrogen and oxygen atoms in total. The van der Waals surface area contributed by atoms with Crippen LogP contribution >= 0.6 is 0 Å². The van der Waals surface area contributed by atoms with Gasteiger partial charge < -0.3 is 14.7 Å². The Hall–Kier alpha value is -3.41. The van der Waals surface area contributed by atoms with Crippen LogP contribution in [0.15, 0.2) is 35.6 Å². The van der Waals surface area contributed by atoms with E-state index in [9.17, 15) is 22.0 Å². The molecule has 12 heteroatoms. The van der Waals surface area contributed by atoms with Crippen LogP contribution in [0.1, 0.15) is 12.8 Å². The summed E-state index contributed by atoms with van der Waals surface area (Å²) >= 11 is 0. The van der Waals surface area contributed by atoms with Crippen LogP contribution < -0.4 is 4.74 Å². The van der Waals surface area contributed by atoms with E-state index in [4.69, 9.17) is 9.84 Å². The van der Waals surface area contributed by atoms with E-state index in [1.807, 2.05) is 0 Å². The number of nitrogens with zero attached hydrogens (tertiary/aromatic N) is 4. The molecule has 0 radical (unpaired) electrons. The Morgan fingerprint density at radius 3 is 2.53 bits per heavy atom. The van der Waals surface area contributed by atoms with Crippen molar-refractivity contribution in [3.8, 4) is 17.1 Å². The molecule has 0 bridgehead atoms. The van der Waals surface area contributed by atoms with E-state index in [1.54, 1.807) is 6.07 Å². The lowest BCUT2D eigenvalue weighted by molar-refractivity contribution is 0.0879. The molecule has 4 rings (SSSR count). The van der Waals surface area contributed by atoms with Crippen molar-refractivity contribution in [2.75, 3.05) is 19.3 Å². The Labute approximate surface area is 181 Å². The lowest BCUT2D eigenvalue weighted by Gasteiger charge is -2.30. The number of benzene rings is 1. The third kappa shape index (κ3) is 4.17. The molecular weight excluding hydrogens is 446 g/mol. The van der Waals surface area contributed by atoms with Crippen LogP contribution in [0.4, 0.5) is 13.6 Å². The molecule has 168 valence electrons. The molecule has 1 aromatic carbocycles. The summed E-state index contributed by atoms with van der Waals surface area (Å²) in [6.07, 6.45) is 3.05. The Morgan fingerprint density at radius 2 is 1.88 bits per heavy atom. The summed E-state index contributed by atoms with van der Waals surface area (Å²) in [5, 5.41) is 9.47. The molecule has 1 amide bonds. The minimum Gasteiger partial charge on any atom is -0.474 e. The van der Waals surface area contributed by atoms with Crippen molar-refractivity contribution < 1.29 is 31.8 Å². The van der Waals surface area contributed by atoms with Gasteiger partial charge in [-0.25, -0.2) is 32.0 Å². The van der Waals surface area contributed by atoms with E-state index in [0.29, 0.717) is 37.4 Å². The van der Waals surface area contributed by atoms with Crippen molar-refractivity contribution in [1.29, 1.82) is 0 Å². The molecule has 0 unspecified atom stereocenters. The van der Waals surface area contributed by atoms with Gasteiger partial charge in [0.05, 0.1) is 11.1 Å². The van der Waals surface area contributed by atoms with Crippen LogP contribution in [0.5, 0.6) is 5.88 Å². The second-order valence-corrected chi connectivity index (χ2v) is 9.34. The molecule has 1 fully saturated rings. The van der Waals surface area contributed by atoms with Crippen molar-refractivity contribution in [2.24, 2.45) is 0 Å². The first-order valence-electron chi connectivity index (χ1n) is 9.59.